The summed E-state index contributed by atoms with van der Waals surface area (Å²) in [7, 11) is 0. The summed E-state index contributed by atoms with van der Waals surface area (Å²) in [6.07, 6.45) is 4.05. The van der Waals surface area contributed by atoms with Crippen molar-refractivity contribution in [2.75, 3.05) is 0 Å². The molecule has 1 fully saturated rings. The Balaban J connectivity index is 1.88. The highest BCUT2D eigenvalue weighted by molar-refractivity contribution is 5.21. The molecule has 0 saturated heterocycles. The molecule has 1 aliphatic carbocycles. The number of benzene rings is 1. The maximum Gasteiger partial charge on any atom is 0.0210 e. The van der Waals surface area contributed by atoms with Crippen molar-refractivity contribution < 1.29 is 0 Å². The number of aryl methyl sites for hydroxylation is 1. The van der Waals surface area contributed by atoms with Gasteiger partial charge in [0.1, 0.15) is 0 Å². The monoisotopic (exact) mass is 189 g/mol. The van der Waals surface area contributed by atoms with Crippen LogP contribution < -0.4 is 5.32 Å². The molecule has 0 spiro atoms. The molecule has 1 aromatic carbocycles. The summed E-state index contributed by atoms with van der Waals surface area (Å²) in [4.78, 5) is 0. The second-order valence-corrected chi connectivity index (χ2v) is 4.75. The number of hydrogen-bond acceptors (Lipinski definition) is 1. The van der Waals surface area contributed by atoms with E-state index in [0.29, 0.717) is 5.54 Å². The lowest BCUT2D eigenvalue weighted by atomic mass is 9.78. The summed E-state index contributed by atoms with van der Waals surface area (Å²) in [5.74, 6) is 0. The molecule has 1 saturated carbocycles. The molecule has 2 rings (SSSR count). The van der Waals surface area contributed by atoms with Crippen LogP contribution in [0.4, 0.5) is 0 Å². The first-order valence-corrected chi connectivity index (χ1v) is 5.49. The van der Waals surface area contributed by atoms with E-state index in [1.54, 1.807) is 0 Å². The highest BCUT2D eigenvalue weighted by atomic mass is 15.0. The van der Waals surface area contributed by atoms with Gasteiger partial charge in [0.05, 0.1) is 0 Å². The molecular weight excluding hydrogens is 170 g/mol. The van der Waals surface area contributed by atoms with E-state index < -0.39 is 0 Å². The van der Waals surface area contributed by atoms with Gasteiger partial charge >= 0.3 is 0 Å². The van der Waals surface area contributed by atoms with Crippen molar-refractivity contribution >= 4 is 0 Å². The summed E-state index contributed by atoms with van der Waals surface area (Å²) in [5.41, 5.74) is 3.15. The third-order valence-corrected chi connectivity index (χ3v) is 3.30. The van der Waals surface area contributed by atoms with Crippen molar-refractivity contribution in [1.29, 1.82) is 0 Å². The third kappa shape index (κ3) is 2.16. The van der Waals surface area contributed by atoms with Gasteiger partial charge in [-0.2, -0.15) is 0 Å². The minimum atomic E-state index is 0.422. The minimum Gasteiger partial charge on any atom is -0.307 e. The average molecular weight is 189 g/mol. The van der Waals surface area contributed by atoms with Gasteiger partial charge in [-0.1, -0.05) is 29.8 Å². The first-order valence-electron chi connectivity index (χ1n) is 5.49. The van der Waals surface area contributed by atoms with E-state index in [1.807, 2.05) is 0 Å². The highest BCUT2D eigenvalue weighted by Crippen LogP contribution is 2.31. The maximum absolute atomic E-state index is 3.63. The molecule has 14 heavy (non-hydrogen) atoms. The molecule has 1 aromatic rings. The van der Waals surface area contributed by atoms with Gasteiger partial charge in [-0.05, 0) is 38.7 Å². The van der Waals surface area contributed by atoms with Crippen molar-refractivity contribution in [2.24, 2.45) is 0 Å². The van der Waals surface area contributed by atoms with E-state index >= 15 is 0 Å². The fourth-order valence-electron chi connectivity index (χ4n) is 1.91. The zero-order chi connectivity index (χ0) is 10.0. The molecule has 0 atom stereocenters. The fraction of sp³-hybridized carbons (Fsp3) is 0.538. The van der Waals surface area contributed by atoms with Crippen LogP contribution in [0.1, 0.15) is 37.3 Å². The Labute approximate surface area is 86.5 Å². The predicted molar refractivity (Wildman–Crippen MR) is 60.3 cm³/mol. The van der Waals surface area contributed by atoms with Crippen LogP contribution in [0.5, 0.6) is 0 Å². The second-order valence-electron chi connectivity index (χ2n) is 4.75. The molecule has 0 amide bonds. The smallest absolute Gasteiger partial charge is 0.0210 e. The molecule has 0 unspecified atom stereocenters. The van der Waals surface area contributed by atoms with Gasteiger partial charge in [-0.15, -0.1) is 0 Å². The van der Waals surface area contributed by atoms with Gasteiger partial charge in [-0.25, -0.2) is 0 Å². The van der Waals surface area contributed by atoms with Crippen LogP contribution in [-0.4, -0.2) is 5.54 Å². The van der Waals surface area contributed by atoms with Crippen molar-refractivity contribution in [3.05, 3.63) is 35.4 Å². The van der Waals surface area contributed by atoms with Crippen LogP contribution in [0.3, 0.4) is 0 Å². The van der Waals surface area contributed by atoms with Crippen molar-refractivity contribution in [3.8, 4) is 0 Å². The Morgan fingerprint density at radius 1 is 1.21 bits per heavy atom. The zero-order valence-electron chi connectivity index (χ0n) is 9.14. The van der Waals surface area contributed by atoms with Gasteiger partial charge in [0, 0.05) is 12.1 Å². The second kappa shape index (κ2) is 3.74. The topological polar surface area (TPSA) is 12.0 Å². The molecule has 1 N–H and O–H groups in total. The molecule has 0 heterocycles. The van der Waals surface area contributed by atoms with Gasteiger partial charge < -0.3 is 5.32 Å². The number of hydrogen-bond donors (Lipinski definition) is 1. The summed E-state index contributed by atoms with van der Waals surface area (Å²) in [6.45, 7) is 5.46. The lowest BCUT2D eigenvalue weighted by Crippen LogP contribution is -2.47. The fourth-order valence-corrected chi connectivity index (χ4v) is 1.91. The largest absolute Gasteiger partial charge is 0.307 e. The van der Waals surface area contributed by atoms with Crippen LogP contribution in [-0.2, 0) is 6.54 Å². The van der Waals surface area contributed by atoms with Crippen LogP contribution in [0.15, 0.2) is 24.3 Å². The summed E-state index contributed by atoms with van der Waals surface area (Å²) in [6, 6.07) is 8.79. The van der Waals surface area contributed by atoms with Gasteiger partial charge in [-0.3, -0.25) is 0 Å². The molecule has 1 aliphatic rings. The van der Waals surface area contributed by atoms with Gasteiger partial charge in [0.15, 0.2) is 0 Å². The Morgan fingerprint density at radius 3 is 2.36 bits per heavy atom. The van der Waals surface area contributed by atoms with Crippen LogP contribution in [0.2, 0.25) is 0 Å². The number of rotatable bonds is 3. The number of nitrogens with one attached hydrogen (secondary N) is 1. The molecule has 0 aromatic heterocycles. The molecular formula is C13H19N. The van der Waals surface area contributed by atoms with Crippen molar-refractivity contribution in [2.45, 2.75) is 45.2 Å². The first-order chi connectivity index (χ1) is 6.68. The van der Waals surface area contributed by atoms with Crippen LogP contribution in [0, 0.1) is 6.92 Å². The lowest BCUT2D eigenvalue weighted by Gasteiger charge is -2.39. The van der Waals surface area contributed by atoms with E-state index in [-0.39, 0.29) is 0 Å². The maximum atomic E-state index is 3.63. The Morgan fingerprint density at radius 2 is 1.86 bits per heavy atom. The summed E-state index contributed by atoms with van der Waals surface area (Å²) < 4.78 is 0. The first kappa shape index (κ1) is 9.72. The standard InChI is InChI=1S/C13H19N/c1-11-4-6-12(7-5-11)10-14-13(2)8-3-9-13/h4-7,14H,3,8-10H2,1-2H3. The summed E-state index contributed by atoms with van der Waals surface area (Å²) in [5, 5.41) is 3.63. The Hall–Kier alpha value is -0.820. The van der Waals surface area contributed by atoms with Crippen LogP contribution in [0.25, 0.3) is 0 Å². The average Bonchev–Trinajstić information content (AvgIpc) is 2.14. The molecule has 0 bridgehead atoms. The molecule has 0 radical (unpaired) electrons. The molecule has 1 heteroatoms. The lowest BCUT2D eigenvalue weighted by molar-refractivity contribution is 0.207. The SMILES string of the molecule is Cc1ccc(CNC2(C)CCC2)cc1. The van der Waals surface area contributed by atoms with E-state index in [0.717, 1.165) is 6.54 Å². The van der Waals surface area contributed by atoms with Crippen LogP contribution >= 0.6 is 0 Å². The highest BCUT2D eigenvalue weighted by Gasteiger charge is 2.30. The van der Waals surface area contributed by atoms with Gasteiger partial charge in [0.2, 0.25) is 0 Å². The van der Waals surface area contributed by atoms with E-state index in [2.05, 4.69) is 43.4 Å². The molecule has 0 aliphatic heterocycles. The Bertz CT molecular complexity index is 296. The van der Waals surface area contributed by atoms with Crippen molar-refractivity contribution in [3.63, 3.8) is 0 Å². The molecule has 1 nitrogen and oxygen atoms in total. The summed E-state index contributed by atoms with van der Waals surface area (Å²) >= 11 is 0. The van der Waals surface area contributed by atoms with E-state index in [1.165, 1.54) is 30.4 Å². The van der Waals surface area contributed by atoms with E-state index in [9.17, 15) is 0 Å². The van der Waals surface area contributed by atoms with E-state index in [4.69, 9.17) is 0 Å². The van der Waals surface area contributed by atoms with Gasteiger partial charge in [0.25, 0.3) is 0 Å². The normalized spacial score (nSPS) is 19.0. The predicted octanol–water partition coefficient (Wildman–Crippen LogP) is 3.03. The van der Waals surface area contributed by atoms with Crippen molar-refractivity contribution in [1.82, 2.24) is 5.32 Å². The Kier molecular flexibility index (Phi) is 2.60. The third-order valence-electron chi connectivity index (χ3n) is 3.30. The minimum absolute atomic E-state index is 0.422. The molecule has 76 valence electrons. The zero-order valence-corrected chi connectivity index (χ0v) is 9.14. The quantitative estimate of drug-likeness (QED) is 0.770.